The highest BCUT2D eigenvalue weighted by atomic mass is 19.1. The first kappa shape index (κ1) is 17.1. The number of anilines is 2. The lowest BCUT2D eigenvalue weighted by molar-refractivity contribution is 0.210. The average Bonchev–Trinajstić information content (AvgIpc) is 3.15. The lowest BCUT2D eigenvalue weighted by atomic mass is 10.1. The van der Waals surface area contributed by atoms with E-state index >= 15 is 0 Å². The highest BCUT2D eigenvalue weighted by Gasteiger charge is 2.17. The summed E-state index contributed by atoms with van der Waals surface area (Å²) in [6.07, 6.45) is -0.227. The number of hydrogen-bond acceptors (Lipinski definition) is 5. The van der Waals surface area contributed by atoms with Crippen LogP contribution in [0, 0.1) is 5.82 Å². The van der Waals surface area contributed by atoms with Gasteiger partial charge in [-0.1, -0.05) is 31.2 Å². The molecule has 2 heterocycles. The Morgan fingerprint density at radius 1 is 1.11 bits per heavy atom. The molecule has 0 spiro atoms. The van der Waals surface area contributed by atoms with Crippen molar-refractivity contribution in [3.8, 4) is 0 Å². The number of halogens is 1. The second-order valence-corrected chi connectivity index (χ2v) is 6.16. The number of fused-ring (bicyclic) bond motifs is 1. The van der Waals surface area contributed by atoms with E-state index in [2.05, 4.69) is 25.5 Å². The molecule has 27 heavy (non-hydrogen) atoms. The monoisotopic (exact) mass is 363 g/mol. The Morgan fingerprint density at radius 2 is 1.89 bits per heavy atom. The van der Waals surface area contributed by atoms with E-state index in [0.29, 0.717) is 22.7 Å². The van der Waals surface area contributed by atoms with Crippen LogP contribution >= 0.6 is 0 Å². The Bertz CT molecular complexity index is 1080. The molecule has 0 aliphatic rings. The van der Waals surface area contributed by atoms with E-state index < -0.39 is 6.10 Å². The highest BCUT2D eigenvalue weighted by Crippen LogP contribution is 2.27. The zero-order valence-corrected chi connectivity index (χ0v) is 14.6. The predicted octanol–water partition coefficient (Wildman–Crippen LogP) is 3.88. The number of aromatic nitrogens is 4. The molecule has 0 aliphatic carbocycles. The molecule has 6 nitrogen and oxygen atoms in total. The van der Waals surface area contributed by atoms with Gasteiger partial charge >= 0.3 is 0 Å². The van der Waals surface area contributed by atoms with Crippen molar-refractivity contribution in [2.24, 2.45) is 0 Å². The molecule has 4 rings (SSSR count). The largest absolute Gasteiger partial charge is 0.380 e. The Labute approximate surface area is 155 Å². The van der Waals surface area contributed by atoms with E-state index in [1.165, 1.54) is 24.3 Å². The van der Waals surface area contributed by atoms with Crippen LogP contribution in [0.1, 0.15) is 30.1 Å². The quantitative estimate of drug-likeness (QED) is 0.501. The van der Waals surface area contributed by atoms with Gasteiger partial charge in [0.15, 0.2) is 11.6 Å². The van der Waals surface area contributed by atoms with Crippen LogP contribution < -0.4 is 5.32 Å². The Hall–Kier alpha value is -3.32. The zero-order chi connectivity index (χ0) is 18.8. The van der Waals surface area contributed by atoms with Gasteiger partial charge in [0.05, 0.1) is 5.52 Å². The molecule has 0 amide bonds. The van der Waals surface area contributed by atoms with Crippen molar-refractivity contribution >= 4 is 22.5 Å². The van der Waals surface area contributed by atoms with E-state index in [9.17, 15) is 9.50 Å². The fraction of sp³-hybridized carbons (Fsp3) is 0.150. The standard InChI is InChI=1S/C20H18FN5O/c1-2-14-11-17(26-25-14)23-19-15-5-3-4-6-16(15)22-20(24-19)18(27)12-7-9-13(21)10-8-12/h3-11,18,27H,2H2,1H3,(H2,22,23,24,25,26). The topological polar surface area (TPSA) is 86.7 Å². The van der Waals surface area contributed by atoms with Crippen LogP contribution in [0.15, 0.2) is 54.6 Å². The molecule has 2 aromatic heterocycles. The fourth-order valence-electron chi connectivity index (χ4n) is 2.83. The average molecular weight is 363 g/mol. The molecule has 0 bridgehead atoms. The smallest absolute Gasteiger partial charge is 0.164 e. The summed E-state index contributed by atoms with van der Waals surface area (Å²) in [6.45, 7) is 2.04. The van der Waals surface area contributed by atoms with Crippen molar-refractivity contribution in [1.82, 2.24) is 20.2 Å². The molecule has 136 valence electrons. The summed E-state index contributed by atoms with van der Waals surface area (Å²) < 4.78 is 13.2. The van der Waals surface area contributed by atoms with Crippen molar-refractivity contribution in [2.45, 2.75) is 19.4 Å². The number of nitrogens with one attached hydrogen (secondary N) is 2. The molecule has 4 aromatic rings. The van der Waals surface area contributed by atoms with E-state index in [0.717, 1.165) is 17.5 Å². The number of benzene rings is 2. The van der Waals surface area contributed by atoms with Crippen LogP contribution in [0.2, 0.25) is 0 Å². The fourth-order valence-corrected chi connectivity index (χ4v) is 2.83. The van der Waals surface area contributed by atoms with Crippen molar-refractivity contribution in [3.63, 3.8) is 0 Å². The van der Waals surface area contributed by atoms with Crippen LogP contribution in [0.3, 0.4) is 0 Å². The Morgan fingerprint density at radius 3 is 2.63 bits per heavy atom. The normalized spacial score (nSPS) is 12.3. The van der Waals surface area contributed by atoms with Gasteiger partial charge in [-0.3, -0.25) is 5.10 Å². The number of aliphatic hydroxyl groups excluding tert-OH is 1. The van der Waals surface area contributed by atoms with Crippen LogP contribution in [0.4, 0.5) is 16.0 Å². The number of aliphatic hydroxyl groups is 1. The third-order valence-electron chi connectivity index (χ3n) is 4.31. The summed E-state index contributed by atoms with van der Waals surface area (Å²) in [7, 11) is 0. The minimum Gasteiger partial charge on any atom is -0.380 e. The molecule has 2 aromatic carbocycles. The van der Waals surface area contributed by atoms with Crippen molar-refractivity contribution in [3.05, 3.63) is 77.5 Å². The summed E-state index contributed by atoms with van der Waals surface area (Å²) in [5.41, 5.74) is 2.21. The molecule has 3 N–H and O–H groups in total. The molecule has 1 unspecified atom stereocenters. The first-order chi connectivity index (χ1) is 13.1. The zero-order valence-electron chi connectivity index (χ0n) is 14.6. The Balaban J connectivity index is 1.76. The van der Waals surface area contributed by atoms with Crippen LogP contribution in [0.5, 0.6) is 0 Å². The van der Waals surface area contributed by atoms with Gasteiger partial charge in [-0.15, -0.1) is 0 Å². The number of aromatic amines is 1. The first-order valence-electron chi connectivity index (χ1n) is 8.65. The molecule has 0 saturated carbocycles. The summed E-state index contributed by atoms with van der Waals surface area (Å²) in [6, 6.07) is 15.1. The third kappa shape index (κ3) is 3.50. The molecule has 7 heteroatoms. The van der Waals surface area contributed by atoms with E-state index in [1.807, 2.05) is 37.3 Å². The number of hydrogen-bond donors (Lipinski definition) is 3. The second-order valence-electron chi connectivity index (χ2n) is 6.16. The van der Waals surface area contributed by atoms with E-state index in [-0.39, 0.29) is 11.6 Å². The number of aryl methyl sites for hydroxylation is 1. The van der Waals surface area contributed by atoms with Crippen LogP contribution in [-0.2, 0) is 6.42 Å². The maximum Gasteiger partial charge on any atom is 0.164 e. The molecule has 0 radical (unpaired) electrons. The number of rotatable bonds is 5. The van der Waals surface area contributed by atoms with Crippen LogP contribution in [-0.4, -0.2) is 25.3 Å². The molecular weight excluding hydrogens is 345 g/mol. The molecule has 0 fully saturated rings. The number of H-pyrrole nitrogens is 1. The van der Waals surface area contributed by atoms with Crippen molar-refractivity contribution in [1.29, 1.82) is 0 Å². The maximum atomic E-state index is 13.2. The lowest BCUT2D eigenvalue weighted by Crippen LogP contribution is -2.08. The maximum absolute atomic E-state index is 13.2. The van der Waals surface area contributed by atoms with Crippen LogP contribution in [0.25, 0.3) is 10.9 Å². The van der Waals surface area contributed by atoms with Gasteiger partial charge in [-0.05, 0) is 36.2 Å². The van der Waals surface area contributed by atoms with Gasteiger partial charge in [-0.2, -0.15) is 5.10 Å². The van der Waals surface area contributed by atoms with Gasteiger partial charge in [-0.25, -0.2) is 14.4 Å². The molecular formula is C20H18FN5O. The molecule has 0 aliphatic heterocycles. The summed E-state index contributed by atoms with van der Waals surface area (Å²) in [5, 5.41) is 21.9. The van der Waals surface area contributed by atoms with Gasteiger partial charge in [0.1, 0.15) is 17.7 Å². The van der Waals surface area contributed by atoms with Crippen molar-refractivity contribution < 1.29 is 9.50 Å². The predicted molar refractivity (Wildman–Crippen MR) is 101 cm³/mol. The molecule has 1 atom stereocenters. The lowest BCUT2D eigenvalue weighted by Gasteiger charge is -2.13. The van der Waals surface area contributed by atoms with Gasteiger partial charge in [0.25, 0.3) is 0 Å². The van der Waals surface area contributed by atoms with Crippen molar-refractivity contribution in [2.75, 3.05) is 5.32 Å². The molecule has 0 saturated heterocycles. The van der Waals surface area contributed by atoms with Gasteiger partial charge in [0, 0.05) is 17.1 Å². The third-order valence-corrected chi connectivity index (χ3v) is 4.31. The first-order valence-corrected chi connectivity index (χ1v) is 8.65. The van der Waals surface area contributed by atoms with E-state index in [4.69, 9.17) is 0 Å². The summed E-state index contributed by atoms with van der Waals surface area (Å²) >= 11 is 0. The second kappa shape index (κ2) is 7.13. The number of nitrogens with zero attached hydrogens (tertiary/aromatic N) is 3. The van der Waals surface area contributed by atoms with Gasteiger partial charge < -0.3 is 10.4 Å². The Kier molecular flexibility index (Phi) is 4.52. The van der Waals surface area contributed by atoms with E-state index in [1.54, 1.807) is 0 Å². The highest BCUT2D eigenvalue weighted by molar-refractivity contribution is 5.90. The number of para-hydroxylation sites is 1. The summed E-state index contributed by atoms with van der Waals surface area (Å²) in [5.74, 6) is 1.05. The SMILES string of the molecule is CCc1cc(Nc2nc(C(O)c3ccc(F)cc3)nc3ccccc23)n[nH]1. The summed E-state index contributed by atoms with van der Waals surface area (Å²) in [4.78, 5) is 8.98. The minimum atomic E-state index is -1.07. The van der Waals surface area contributed by atoms with Gasteiger partial charge in [0.2, 0.25) is 0 Å². The minimum absolute atomic E-state index is 0.231.